The number of benzene rings is 3. The van der Waals surface area contributed by atoms with Crippen molar-refractivity contribution in [1.82, 2.24) is 9.80 Å². The summed E-state index contributed by atoms with van der Waals surface area (Å²) in [5, 5.41) is 5.17. The number of fused-ring (bicyclic) bond motifs is 4. The summed E-state index contributed by atoms with van der Waals surface area (Å²) in [4.78, 5) is 41.4. The van der Waals surface area contributed by atoms with E-state index in [1.165, 1.54) is 0 Å². The quantitative estimate of drug-likeness (QED) is 0.159. The van der Waals surface area contributed by atoms with E-state index >= 15 is 0 Å². The molecule has 12 heteroatoms. The van der Waals surface area contributed by atoms with Crippen molar-refractivity contribution in [2.75, 3.05) is 39.8 Å². The maximum atomic E-state index is 13.7. The van der Waals surface area contributed by atoms with E-state index in [0.29, 0.717) is 78.0 Å². The molecule has 4 aromatic rings. The number of methoxy groups -OCH3 is 2. The van der Waals surface area contributed by atoms with Crippen LogP contribution in [-0.4, -0.2) is 80.6 Å². The first-order valence-corrected chi connectivity index (χ1v) is 18.0. The molecule has 4 aliphatic rings. The molecule has 2 atom stereocenters. The first-order chi connectivity index (χ1) is 25.4. The molecule has 2 unspecified atom stereocenters. The summed E-state index contributed by atoms with van der Waals surface area (Å²) in [7, 11) is 4.99. The van der Waals surface area contributed by atoms with E-state index in [0.717, 1.165) is 27.3 Å². The molecule has 11 nitrogen and oxygen atoms in total. The fourth-order valence-electron chi connectivity index (χ4n) is 6.85. The Labute approximate surface area is 305 Å². The number of amides is 2. The van der Waals surface area contributed by atoms with Gasteiger partial charge in [0.1, 0.15) is 0 Å². The number of anilines is 1. The Hall–Kier alpha value is -5.88. The van der Waals surface area contributed by atoms with Crippen LogP contribution in [0.1, 0.15) is 50.4 Å². The lowest BCUT2D eigenvalue weighted by atomic mass is 10.0. The molecule has 0 saturated carbocycles. The summed E-state index contributed by atoms with van der Waals surface area (Å²) in [5.41, 5.74) is 6.29. The predicted octanol–water partition coefficient (Wildman–Crippen LogP) is 7.60. The normalized spacial score (nSPS) is 18.4. The third kappa shape index (κ3) is 6.19. The van der Waals surface area contributed by atoms with E-state index in [4.69, 9.17) is 23.9 Å². The second-order valence-electron chi connectivity index (χ2n) is 12.7. The average Bonchev–Trinajstić information content (AvgIpc) is 3.93. The second kappa shape index (κ2) is 14.0. The van der Waals surface area contributed by atoms with Crippen LogP contribution >= 0.6 is 11.3 Å². The zero-order valence-corrected chi connectivity index (χ0v) is 29.8. The van der Waals surface area contributed by atoms with E-state index < -0.39 is 0 Å². The van der Waals surface area contributed by atoms with Gasteiger partial charge in [0.15, 0.2) is 23.0 Å². The lowest BCUT2D eigenvalue weighted by Crippen LogP contribution is -2.32. The van der Waals surface area contributed by atoms with Crippen LogP contribution in [0, 0.1) is 0 Å². The van der Waals surface area contributed by atoms with Crippen molar-refractivity contribution in [3.05, 3.63) is 100 Å². The lowest BCUT2D eigenvalue weighted by Gasteiger charge is -2.19. The first kappa shape index (κ1) is 33.3. The van der Waals surface area contributed by atoms with Gasteiger partial charge < -0.3 is 34.1 Å². The molecular weight excluding hydrogens is 679 g/mol. The van der Waals surface area contributed by atoms with Crippen molar-refractivity contribution < 1.29 is 28.5 Å². The van der Waals surface area contributed by atoms with Crippen LogP contribution in [0.4, 0.5) is 17.1 Å². The van der Waals surface area contributed by atoms with Gasteiger partial charge in [0, 0.05) is 73.8 Å². The van der Waals surface area contributed by atoms with Gasteiger partial charge in [0.25, 0.3) is 11.8 Å². The molecule has 0 aliphatic carbocycles. The molecule has 5 heterocycles. The molecule has 2 amide bonds. The Kier molecular flexibility index (Phi) is 8.98. The number of nitrogens with zero attached hydrogens (tertiary/aromatic N) is 4. The van der Waals surface area contributed by atoms with Gasteiger partial charge in [-0.15, -0.1) is 11.3 Å². The van der Waals surface area contributed by atoms with Crippen molar-refractivity contribution in [1.29, 1.82) is 0 Å². The minimum absolute atomic E-state index is 0.125. The Morgan fingerprint density at radius 2 is 1.31 bits per heavy atom. The molecule has 0 spiro atoms. The zero-order valence-electron chi connectivity index (χ0n) is 29.0. The molecule has 1 N–H and O–H groups in total. The number of hydrogen-bond acceptors (Lipinski definition) is 10. The number of ether oxygens (including phenoxy) is 4. The van der Waals surface area contributed by atoms with Gasteiger partial charge in [0.05, 0.1) is 62.0 Å². The predicted molar refractivity (Wildman–Crippen MR) is 203 cm³/mol. The van der Waals surface area contributed by atoms with Gasteiger partial charge in [-0.25, -0.2) is 0 Å². The van der Waals surface area contributed by atoms with Gasteiger partial charge in [-0.05, 0) is 52.4 Å². The standard InChI is InChI=1S/C40H37N5O6S/c1-41-27-9-7-24(8-10-27)25-14-28-20-42-32-18-36(34(48-2)16-30(32)39(46)44(28)22-25)50-11-5-12-51-37-19-33-31(17-35(37)49-3)40(47)45-23-26(15-29(45)21-43-33)38-6-4-13-52-38/h4,6-10,13,16-23,28-29,41H,5,11-12,14-15H2,1-3H3. The molecule has 0 bridgehead atoms. The largest absolute Gasteiger partial charge is 0.493 e. The fourth-order valence-corrected chi connectivity index (χ4v) is 7.60. The number of nitrogens with one attached hydrogen (secondary N) is 1. The van der Waals surface area contributed by atoms with Gasteiger partial charge >= 0.3 is 0 Å². The number of rotatable bonds is 11. The Morgan fingerprint density at radius 3 is 1.83 bits per heavy atom. The highest BCUT2D eigenvalue weighted by Gasteiger charge is 2.35. The van der Waals surface area contributed by atoms with Crippen LogP contribution in [0.15, 0.2) is 88.4 Å². The van der Waals surface area contributed by atoms with Crippen LogP contribution < -0.4 is 24.3 Å². The maximum Gasteiger partial charge on any atom is 0.260 e. The van der Waals surface area contributed by atoms with Crippen LogP contribution in [0.5, 0.6) is 23.0 Å². The topological polar surface area (TPSA) is 114 Å². The van der Waals surface area contributed by atoms with Crippen molar-refractivity contribution in [2.45, 2.75) is 31.3 Å². The van der Waals surface area contributed by atoms with Gasteiger partial charge in [-0.1, -0.05) is 18.2 Å². The molecule has 3 aromatic carbocycles. The highest BCUT2D eigenvalue weighted by molar-refractivity contribution is 7.11. The number of thiophene rings is 1. The highest BCUT2D eigenvalue weighted by Crippen LogP contribution is 2.42. The van der Waals surface area contributed by atoms with Gasteiger partial charge in [-0.2, -0.15) is 0 Å². The highest BCUT2D eigenvalue weighted by atomic mass is 32.1. The summed E-state index contributed by atoms with van der Waals surface area (Å²) in [6.45, 7) is 0.640. The lowest BCUT2D eigenvalue weighted by molar-refractivity contribution is 0.0809. The minimum Gasteiger partial charge on any atom is -0.493 e. The smallest absolute Gasteiger partial charge is 0.260 e. The van der Waals surface area contributed by atoms with Crippen molar-refractivity contribution >= 4 is 63.8 Å². The SMILES string of the molecule is CNc1ccc(C2=CN3C(=O)c4cc(OC)c(OCCCOc5cc6c(cc5OC)C(=O)N5C=C(c7cccs7)CC5C=N6)cc4N=CC3C2)cc1. The first-order valence-electron chi connectivity index (χ1n) is 17.1. The van der Waals surface area contributed by atoms with Crippen molar-refractivity contribution in [2.24, 2.45) is 9.98 Å². The van der Waals surface area contributed by atoms with Crippen LogP contribution in [0.25, 0.3) is 11.1 Å². The Morgan fingerprint density at radius 1 is 0.750 bits per heavy atom. The number of carbonyl (C=O) groups excluding carboxylic acids is 2. The number of hydrogen-bond donors (Lipinski definition) is 1. The van der Waals surface area contributed by atoms with Crippen molar-refractivity contribution in [3.8, 4) is 23.0 Å². The summed E-state index contributed by atoms with van der Waals surface area (Å²) in [5.74, 6) is 1.61. The molecule has 52 heavy (non-hydrogen) atoms. The number of aliphatic imine (C=N–C) groups is 2. The zero-order chi connectivity index (χ0) is 35.8. The molecule has 1 aromatic heterocycles. The van der Waals surface area contributed by atoms with Crippen molar-refractivity contribution in [3.63, 3.8) is 0 Å². The Bertz CT molecular complexity index is 2160. The monoisotopic (exact) mass is 715 g/mol. The molecule has 264 valence electrons. The van der Waals surface area contributed by atoms with E-state index in [1.807, 2.05) is 55.5 Å². The van der Waals surface area contributed by atoms with Crippen LogP contribution in [-0.2, 0) is 0 Å². The third-order valence-corrected chi connectivity index (χ3v) is 10.6. The molecule has 0 saturated heterocycles. The van der Waals surface area contributed by atoms with Gasteiger partial charge in [0.2, 0.25) is 0 Å². The summed E-state index contributed by atoms with van der Waals surface area (Å²) >= 11 is 1.66. The number of carbonyl (C=O) groups is 2. The maximum absolute atomic E-state index is 13.7. The molecule has 8 rings (SSSR count). The van der Waals surface area contributed by atoms with Crippen LogP contribution in [0.3, 0.4) is 0 Å². The van der Waals surface area contributed by atoms with E-state index in [9.17, 15) is 9.59 Å². The Balaban J connectivity index is 0.912. The second-order valence-corrected chi connectivity index (χ2v) is 13.7. The van der Waals surface area contributed by atoms with Crippen LogP contribution in [0.2, 0.25) is 0 Å². The average molecular weight is 716 g/mol. The third-order valence-electron chi connectivity index (χ3n) is 9.61. The summed E-state index contributed by atoms with van der Waals surface area (Å²) in [6, 6.07) is 18.8. The summed E-state index contributed by atoms with van der Waals surface area (Å²) in [6.07, 6.45) is 9.44. The molecular formula is C40H37N5O6S. The fraction of sp³-hybridized carbons (Fsp3) is 0.250. The van der Waals surface area contributed by atoms with E-state index in [1.54, 1.807) is 59.6 Å². The van der Waals surface area contributed by atoms with Gasteiger partial charge in [-0.3, -0.25) is 19.6 Å². The molecule has 0 fully saturated rings. The van der Waals surface area contributed by atoms with E-state index in [2.05, 4.69) is 28.5 Å². The minimum atomic E-state index is -0.182. The summed E-state index contributed by atoms with van der Waals surface area (Å²) < 4.78 is 23.5. The molecule has 0 radical (unpaired) electrons. The molecule has 4 aliphatic heterocycles. The van der Waals surface area contributed by atoms with E-state index in [-0.39, 0.29) is 23.9 Å².